The number of hydrogen-bond acceptors (Lipinski definition) is 5. The molecule has 2 aromatic carbocycles. The molecule has 30 heavy (non-hydrogen) atoms. The second-order valence-corrected chi connectivity index (χ2v) is 7.03. The number of ketones is 1. The van der Waals surface area contributed by atoms with Gasteiger partial charge in [-0.3, -0.25) is 9.59 Å². The molecule has 0 fully saturated rings. The zero-order valence-electron chi connectivity index (χ0n) is 15.8. The van der Waals surface area contributed by atoms with Crippen molar-refractivity contribution in [3.05, 3.63) is 99.8 Å². The van der Waals surface area contributed by atoms with E-state index in [1.54, 1.807) is 36.4 Å². The second kappa shape index (κ2) is 8.31. The maximum Gasteiger partial charge on any atom is 0.267 e. The lowest BCUT2D eigenvalue weighted by Crippen LogP contribution is -2.26. The summed E-state index contributed by atoms with van der Waals surface area (Å²) in [7, 11) is 0. The smallest absolute Gasteiger partial charge is 0.267 e. The molecule has 0 aliphatic carbocycles. The van der Waals surface area contributed by atoms with Gasteiger partial charge < -0.3 is 5.73 Å². The Bertz CT molecular complexity index is 1270. The van der Waals surface area contributed by atoms with Gasteiger partial charge in [-0.2, -0.15) is 5.10 Å². The highest BCUT2D eigenvalue weighted by molar-refractivity contribution is 6.33. The molecule has 6 nitrogen and oxygen atoms in total. The van der Waals surface area contributed by atoms with Crippen LogP contribution in [0.1, 0.15) is 10.4 Å². The maximum absolute atomic E-state index is 12.6. The molecule has 0 saturated heterocycles. The number of anilines is 1. The number of carbonyl (C=O) groups excluding carboxylic acids is 1. The van der Waals surface area contributed by atoms with Crippen LogP contribution in [0.4, 0.5) is 5.82 Å². The summed E-state index contributed by atoms with van der Waals surface area (Å²) in [6, 6.07) is 22.9. The summed E-state index contributed by atoms with van der Waals surface area (Å²) < 4.78 is 1.14. The number of carbonyl (C=O) groups is 1. The van der Waals surface area contributed by atoms with Crippen molar-refractivity contribution in [1.29, 1.82) is 0 Å². The van der Waals surface area contributed by atoms with E-state index in [9.17, 15) is 9.59 Å². The molecule has 0 unspecified atom stereocenters. The van der Waals surface area contributed by atoms with Crippen LogP contribution in [-0.4, -0.2) is 20.5 Å². The van der Waals surface area contributed by atoms with Crippen LogP contribution in [0.25, 0.3) is 22.5 Å². The van der Waals surface area contributed by atoms with Crippen LogP contribution in [0.3, 0.4) is 0 Å². The third-order valence-corrected chi connectivity index (χ3v) is 4.88. The van der Waals surface area contributed by atoms with E-state index in [0.29, 0.717) is 22.5 Å². The lowest BCUT2D eigenvalue weighted by molar-refractivity contribution is 0.0966. The van der Waals surface area contributed by atoms with Gasteiger partial charge in [0.1, 0.15) is 12.4 Å². The first kappa shape index (κ1) is 19.5. The van der Waals surface area contributed by atoms with Gasteiger partial charge in [0.15, 0.2) is 5.78 Å². The lowest BCUT2D eigenvalue weighted by Gasteiger charge is -2.12. The normalized spacial score (nSPS) is 10.7. The minimum atomic E-state index is -0.376. The van der Waals surface area contributed by atoms with Gasteiger partial charge in [-0.05, 0) is 12.1 Å². The second-order valence-electron chi connectivity index (χ2n) is 6.62. The number of nitrogens with zero attached hydrogens (tertiary/aromatic N) is 3. The molecular formula is C23H17ClN4O2. The molecule has 0 aliphatic rings. The zero-order valence-corrected chi connectivity index (χ0v) is 16.6. The average molecular weight is 417 g/mol. The number of aromatic nitrogens is 3. The molecular weight excluding hydrogens is 400 g/mol. The maximum atomic E-state index is 12.6. The van der Waals surface area contributed by atoms with Gasteiger partial charge in [-0.15, -0.1) is 0 Å². The van der Waals surface area contributed by atoms with Crippen molar-refractivity contribution < 1.29 is 4.79 Å². The van der Waals surface area contributed by atoms with Crippen molar-refractivity contribution in [3.63, 3.8) is 0 Å². The topological polar surface area (TPSA) is 90.9 Å². The summed E-state index contributed by atoms with van der Waals surface area (Å²) in [4.78, 5) is 29.3. The van der Waals surface area contributed by atoms with Gasteiger partial charge in [0.2, 0.25) is 0 Å². The van der Waals surface area contributed by atoms with E-state index in [0.717, 1.165) is 10.2 Å². The van der Waals surface area contributed by atoms with E-state index >= 15 is 0 Å². The van der Waals surface area contributed by atoms with Crippen LogP contribution >= 0.6 is 11.6 Å². The number of halogens is 1. The summed E-state index contributed by atoms with van der Waals surface area (Å²) in [5, 5.41) is 4.69. The Morgan fingerprint density at radius 3 is 2.33 bits per heavy atom. The number of nitrogens with two attached hydrogens (primary N) is 1. The van der Waals surface area contributed by atoms with E-state index in [2.05, 4.69) is 10.1 Å². The van der Waals surface area contributed by atoms with Crippen LogP contribution in [-0.2, 0) is 6.54 Å². The Balaban J connectivity index is 1.79. The minimum absolute atomic E-state index is 0.173. The third-order valence-electron chi connectivity index (χ3n) is 4.58. The Morgan fingerprint density at radius 2 is 1.63 bits per heavy atom. The number of rotatable bonds is 5. The van der Waals surface area contributed by atoms with Crippen molar-refractivity contribution in [3.8, 4) is 22.5 Å². The highest BCUT2D eigenvalue weighted by Crippen LogP contribution is 2.33. The van der Waals surface area contributed by atoms with E-state index in [1.807, 2.05) is 36.4 Å². The summed E-state index contributed by atoms with van der Waals surface area (Å²) in [6.07, 6.45) is 0. The summed E-state index contributed by atoms with van der Waals surface area (Å²) in [5.41, 5.74) is 8.55. The standard InChI is InChI=1S/C23H17ClN4O2/c24-18-13-17(22(26-23(18)25)16-9-5-2-6-10-16)19-11-12-21(30)28(27-19)14-20(29)15-7-3-1-4-8-15/h1-13H,14H2,(H2,25,26). The molecule has 0 bridgehead atoms. The number of pyridine rings is 1. The molecule has 4 rings (SSSR count). The molecule has 148 valence electrons. The van der Waals surface area contributed by atoms with Crippen LogP contribution in [0.5, 0.6) is 0 Å². The van der Waals surface area contributed by atoms with Crippen LogP contribution in [0.15, 0.2) is 83.7 Å². The summed E-state index contributed by atoms with van der Waals surface area (Å²) in [6.45, 7) is -0.173. The summed E-state index contributed by atoms with van der Waals surface area (Å²) in [5.74, 6) is -0.00839. The molecule has 0 radical (unpaired) electrons. The van der Waals surface area contributed by atoms with Crippen LogP contribution in [0.2, 0.25) is 5.02 Å². The van der Waals surface area contributed by atoms with Crippen molar-refractivity contribution in [2.45, 2.75) is 6.54 Å². The molecule has 0 saturated carbocycles. The Hall–Kier alpha value is -3.77. The first-order chi connectivity index (χ1) is 14.5. The highest BCUT2D eigenvalue weighted by atomic mass is 35.5. The fourth-order valence-electron chi connectivity index (χ4n) is 3.07. The van der Waals surface area contributed by atoms with Crippen molar-refractivity contribution >= 4 is 23.2 Å². The van der Waals surface area contributed by atoms with Gasteiger partial charge in [-0.25, -0.2) is 9.67 Å². The first-order valence-corrected chi connectivity index (χ1v) is 9.59. The molecule has 2 N–H and O–H groups in total. The fraction of sp³-hybridized carbons (Fsp3) is 0.0435. The van der Waals surface area contributed by atoms with E-state index < -0.39 is 0 Å². The van der Waals surface area contributed by atoms with E-state index in [-0.39, 0.29) is 28.7 Å². The van der Waals surface area contributed by atoms with Crippen LogP contribution in [0, 0.1) is 0 Å². The predicted octanol–water partition coefficient (Wildman–Crippen LogP) is 4.09. The SMILES string of the molecule is Nc1nc(-c2ccccc2)c(-c2ccc(=O)n(CC(=O)c3ccccc3)n2)cc1Cl. The average Bonchev–Trinajstić information content (AvgIpc) is 2.78. The van der Waals surface area contributed by atoms with Crippen molar-refractivity contribution in [1.82, 2.24) is 14.8 Å². The number of nitrogen functional groups attached to an aromatic ring is 1. The van der Waals surface area contributed by atoms with Gasteiger partial charge in [0.25, 0.3) is 5.56 Å². The third kappa shape index (κ3) is 3.99. The Kier molecular flexibility index (Phi) is 5.41. The van der Waals surface area contributed by atoms with Crippen LogP contribution < -0.4 is 11.3 Å². The van der Waals surface area contributed by atoms with E-state index in [4.69, 9.17) is 17.3 Å². The fourth-order valence-corrected chi connectivity index (χ4v) is 3.22. The minimum Gasteiger partial charge on any atom is -0.382 e. The quantitative estimate of drug-likeness (QED) is 0.495. The van der Waals surface area contributed by atoms with Gasteiger partial charge in [-0.1, -0.05) is 72.3 Å². The Morgan fingerprint density at radius 1 is 0.967 bits per heavy atom. The largest absolute Gasteiger partial charge is 0.382 e. The molecule has 0 amide bonds. The van der Waals surface area contributed by atoms with Crippen molar-refractivity contribution in [2.75, 3.05) is 5.73 Å². The molecule has 0 aliphatic heterocycles. The first-order valence-electron chi connectivity index (χ1n) is 9.21. The van der Waals surface area contributed by atoms with E-state index in [1.165, 1.54) is 6.07 Å². The molecule has 2 aromatic heterocycles. The monoisotopic (exact) mass is 416 g/mol. The van der Waals surface area contributed by atoms with Gasteiger partial charge >= 0.3 is 0 Å². The molecule has 7 heteroatoms. The van der Waals surface area contributed by atoms with Gasteiger partial charge in [0, 0.05) is 22.8 Å². The molecule has 2 heterocycles. The zero-order chi connectivity index (χ0) is 21.1. The lowest BCUT2D eigenvalue weighted by atomic mass is 10.0. The summed E-state index contributed by atoms with van der Waals surface area (Å²) >= 11 is 6.22. The number of benzene rings is 2. The predicted molar refractivity (Wildman–Crippen MR) is 117 cm³/mol. The number of Topliss-reactive ketones (excluding diaryl/α,β-unsaturated/α-hetero) is 1. The molecule has 4 aromatic rings. The molecule has 0 atom stereocenters. The highest BCUT2D eigenvalue weighted by Gasteiger charge is 2.16. The van der Waals surface area contributed by atoms with Crippen molar-refractivity contribution in [2.24, 2.45) is 0 Å². The number of hydrogen-bond donors (Lipinski definition) is 1. The van der Waals surface area contributed by atoms with Gasteiger partial charge in [0.05, 0.1) is 16.4 Å². The molecule has 0 spiro atoms. The Labute approximate surface area is 177 Å².